The Morgan fingerprint density at radius 2 is 2.07 bits per heavy atom. The number of carbonyl (C=O) groups is 1. The summed E-state index contributed by atoms with van der Waals surface area (Å²) in [7, 11) is 0. The van der Waals surface area contributed by atoms with Gasteiger partial charge in [0.05, 0.1) is 11.6 Å². The molecule has 1 saturated heterocycles. The molecule has 1 amide bonds. The molecule has 3 aromatic rings. The van der Waals surface area contributed by atoms with Crippen molar-refractivity contribution in [2.75, 3.05) is 13.1 Å². The summed E-state index contributed by atoms with van der Waals surface area (Å²) >= 11 is 1.38. The zero-order valence-electron chi connectivity index (χ0n) is 15.0. The van der Waals surface area contributed by atoms with E-state index in [1.807, 2.05) is 0 Å². The Bertz CT molecular complexity index is 1060. The van der Waals surface area contributed by atoms with Crippen LogP contribution in [-0.2, 0) is 0 Å². The number of halogens is 1. The average molecular weight is 392 g/mol. The number of nitriles is 1. The number of amides is 1. The van der Waals surface area contributed by atoms with E-state index in [1.165, 1.54) is 17.4 Å². The Morgan fingerprint density at radius 1 is 1.21 bits per heavy atom. The van der Waals surface area contributed by atoms with Crippen LogP contribution < -0.4 is 0 Å². The fourth-order valence-electron chi connectivity index (χ4n) is 3.41. The summed E-state index contributed by atoms with van der Waals surface area (Å²) in [5.74, 6) is -0.321. The Balaban J connectivity index is 1.52. The normalized spacial score (nSPS) is 16.6. The summed E-state index contributed by atoms with van der Waals surface area (Å²) in [5.41, 5.74) is 1.44. The van der Waals surface area contributed by atoms with Crippen LogP contribution in [0.15, 0.2) is 48.5 Å². The first-order valence-electron chi connectivity index (χ1n) is 9.03. The average Bonchev–Trinajstić information content (AvgIpc) is 3.24. The number of aromatic nitrogens is 2. The third-order valence-electron chi connectivity index (χ3n) is 4.84. The van der Waals surface area contributed by atoms with Gasteiger partial charge in [0, 0.05) is 30.1 Å². The molecule has 1 aromatic heterocycles. The molecule has 0 N–H and O–H groups in total. The molecule has 0 aliphatic carbocycles. The van der Waals surface area contributed by atoms with Crippen LogP contribution in [0.5, 0.6) is 0 Å². The van der Waals surface area contributed by atoms with Gasteiger partial charge in [-0.2, -0.15) is 5.26 Å². The van der Waals surface area contributed by atoms with Gasteiger partial charge in [0.25, 0.3) is 5.91 Å². The third-order valence-corrected chi connectivity index (χ3v) is 5.96. The highest BCUT2D eigenvalue weighted by atomic mass is 32.1. The summed E-state index contributed by atoms with van der Waals surface area (Å²) in [6.07, 6.45) is 1.77. The van der Waals surface area contributed by atoms with Gasteiger partial charge in [-0.3, -0.25) is 4.79 Å². The van der Waals surface area contributed by atoms with E-state index in [4.69, 9.17) is 5.26 Å². The number of nitrogens with zero attached hydrogens (tertiary/aromatic N) is 4. The van der Waals surface area contributed by atoms with Crippen LogP contribution in [-0.4, -0.2) is 34.1 Å². The minimum atomic E-state index is -0.317. The molecular formula is C21H17FN4OS. The molecule has 1 aliphatic rings. The van der Waals surface area contributed by atoms with Crippen LogP contribution in [0.1, 0.15) is 39.7 Å². The van der Waals surface area contributed by atoms with Crippen molar-refractivity contribution in [2.24, 2.45) is 0 Å². The van der Waals surface area contributed by atoms with Crippen molar-refractivity contribution in [3.63, 3.8) is 0 Å². The van der Waals surface area contributed by atoms with Gasteiger partial charge in [-0.15, -0.1) is 10.2 Å². The number of carbonyl (C=O) groups excluding carboxylic acids is 1. The number of rotatable bonds is 3. The van der Waals surface area contributed by atoms with Crippen molar-refractivity contribution in [1.82, 2.24) is 15.1 Å². The van der Waals surface area contributed by atoms with Gasteiger partial charge >= 0.3 is 0 Å². The van der Waals surface area contributed by atoms with Crippen LogP contribution >= 0.6 is 11.3 Å². The molecule has 0 bridgehead atoms. The Morgan fingerprint density at radius 3 is 2.89 bits per heavy atom. The number of hydrogen-bond acceptors (Lipinski definition) is 5. The van der Waals surface area contributed by atoms with Gasteiger partial charge in [0.1, 0.15) is 10.8 Å². The van der Waals surface area contributed by atoms with Crippen LogP contribution in [0.3, 0.4) is 0 Å². The first-order valence-corrected chi connectivity index (χ1v) is 9.85. The number of piperidine rings is 1. The zero-order valence-corrected chi connectivity index (χ0v) is 15.8. The molecule has 0 radical (unpaired) electrons. The summed E-state index contributed by atoms with van der Waals surface area (Å²) in [6, 6.07) is 15.3. The fraction of sp³-hybridized carbons (Fsp3) is 0.238. The highest BCUT2D eigenvalue weighted by Gasteiger charge is 2.28. The number of hydrogen-bond donors (Lipinski definition) is 0. The lowest BCUT2D eigenvalue weighted by molar-refractivity contribution is 0.0707. The van der Waals surface area contributed by atoms with Crippen LogP contribution in [0, 0.1) is 17.1 Å². The molecule has 140 valence electrons. The standard InChI is InChI=1S/C21H17FN4OS/c22-18-9-2-1-8-17(18)20-25-24-19(28-20)16-7-4-10-26(13-16)21(27)15-6-3-5-14(11-15)12-23/h1-3,5-6,8-9,11,16H,4,7,10,13H2. The molecule has 1 unspecified atom stereocenters. The first-order chi connectivity index (χ1) is 13.7. The van der Waals surface area contributed by atoms with E-state index >= 15 is 0 Å². The largest absolute Gasteiger partial charge is 0.338 e. The van der Waals surface area contributed by atoms with E-state index in [-0.39, 0.29) is 17.6 Å². The van der Waals surface area contributed by atoms with Gasteiger partial charge in [-0.1, -0.05) is 29.5 Å². The van der Waals surface area contributed by atoms with Crippen molar-refractivity contribution >= 4 is 17.2 Å². The van der Waals surface area contributed by atoms with Gasteiger partial charge in [0.2, 0.25) is 0 Å². The molecule has 1 aliphatic heterocycles. The Kier molecular flexibility index (Phi) is 5.13. The second-order valence-electron chi connectivity index (χ2n) is 6.71. The molecule has 2 heterocycles. The van der Waals surface area contributed by atoms with Gasteiger partial charge in [-0.25, -0.2) is 4.39 Å². The second-order valence-corrected chi connectivity index (χ2v) is 7.72. The monoisotopic (exact) mass is 392 g/mol. The molecule has 7 heteroatoms. The molecule has 28 heavy (non-hydrogen) atoms. The molecular weight excluding hydrogens is 375 g/mol. The van der Waals surface area contributed by atoms with E-state index < -0.39 is 0 Å². The van der Waals surface area contributed by atoms with E-state index in [2.05, 4.69) is 16.3 Å². The smallest absolute Gasteiger partial charge is 0.253 e. The quantitative estimate of drug-likeness (QED) is 0.669. The highest BCUT2D eigenvalue weighted by molar-refractivity contribution is 7.14. The van der Waals surface area contributed by atoms with E-state index in [0.29, 0.717) is 34.8 Å². The molecule has 1 atom stereocenters. The summed E-state index contributed by atoms with van der Waals surface area (Å²) in [5, 5.41) is 18.9. The minimum Gasteiger partial charge on any atom is -0.338 e. The van der Waals surface area contributed by atoms with Gasteiger partial charge in [0.15, 0.2) is 5.01 Å². The third kappa shape index (κ3) is 3.64. The fourth-order valence-corrected chi connectivity index (χ4v) is 4.41. The van der Waals surface area contributed by atoms with E-state index in [1.54, 1.807) is 47.4 Å². The maximum Gasteiger partial charge on any atom is 0.253 e. The van der Waals surface area contributed by atoms with Crippen molar-refractivity contribution < 1.29 is 9.18 Å². The first kappa shape index (κ1) is 18.3. The summed E-state index contributed by atoms with van der Waals surface area (Å²) in [4.78, 5) is 14.7. The van der Waals surface area contributed by atoms with Gasteiger partial charge in [-0.05, 0) is 43.2 Å². The second kappa shape index (κ2) is 7.87. The van der Waals surface area contributed by atoms with E-state index in [9.17, 15) is 9.18 Å². The van der Waals surface area contributed by atoms with Crippen molar-refractivity contribution in [1.29, 1.82) is 5.26 Å². The maximum absolute atomic E-state index is 14.0. The predicted octanol–water partition coefficient (Wildman–Crippen LogP) is 4.24. The summed E-state index contributed by atoms with van der Waals surface area (Å²) < 4.78 is 14.0. The van der Waals surface area contributed by atoms with Crippen LogP contribution in [0.4, 0.5) is 4.39 Å². The lowest BCUT2D eigenvalue weighted by Crippen LogP contribution is -2.39. The maximum atomic E-state index is 14.0. The molecule has 1 fully saturated rings. The van der Waals surface area contributed by atoms with Crippen molar-refractivity contribution in [3.8, 4) is 16.6 Å². The topological polar surface area (TPSA) is 69.9 Å². The summed E-state index contributed by atoms with van der Waals surface area (Å²) in [6.45, 7) is 1.21. The zero-order chi connectivity index (χ0) is 19.5. The number of benzene rings is 2. The SMILES string of the molecule is N#Cc1cccc(C(=O)N2CCCC(c3nnc(-c4ccccc4F)s3)C2)c1. The Hall–Kier alpha value is -3.11. The molecule has 0 spiro atoms. The van der Waals surface area contributed by atoms with Crippen LogP contribution in [0.2, 0.25) is 0 Å². The Labute approximate surface area is 166 Å². The minimum absolute atomic E-state index is 0.0786. The van der Waals surface area contributed by atoms with E-state index in [0.717, 1.165) is 17.8 Å². The van der Waals surface area contributed by atoms with Gasteiger partial charge < -0.3 is 4.90 Å². The number of likely N-dealkylation sites (tertiary alicyclic amines) is 1. The van der Waals surface area contributed by atoms with Crippen LogP contribution in [0.25, 0.3) is 10.6 Å². The molecule has 0 saturated carbocycles. The highest BCUT2D eigenvalue weighted by Crippen LogP contribution is 2.33. The molecule has 5 nitrogen and oxygen atoms in total. The lowest BCUT2D eigenvalue weighted by Gasteiger charge is -2.31. The molecule has 2 aromatic carbocycles. The van der Waals surface area contributed by atoms with Crippen molar-refractivity contribution in [3.05, 3.63) is 70.5 Å². The lowest BCUT2D eigenvalue weighted by atomic mass is 9.98. The van der Waals surface area contributed by atoms with Crippen molar-refractivity contribution in [2.45, 2.75) is 18.8 Å². The predicted molar refractivity (Wildman–Crippen MR) is 104 cm³/mol. The molecule has 4 rings (SSSR count).